The molecule has 0 bridgehead atoms. The van der Waals surface area contributed by atoms with Crippen molar-refractivity contribution >= 4 is 12.0 Å². The highest BCUT2D eigenvalue weighted by atomic mass is 16.6. The number of nitrogens with one attached hydrogen (secondary N) is 2. The van der Waals surface area contributed by atoms with E-state index >= 15 is 0 Å². The summed E-state index contributed by atoms with van der Waals surface area (Å²) < 4.78 is 5.16. The van der Waals surface area contributed by atoms with E-state index in [0.29, 0.717) is 25.3 Å². The van der Waals surface area contributed by atoms with Crippen molar-refractivity contribution in [1.29, 1.82) is 0 Å². The van der Waals surface area contributed by atoms with Gasteiger partial charge >= 0.3 is 6.09 Å². The molecule has 0 heterocycles. The van der Waals surface area contributed by atoms with Gasteiger partial charge in [0.25, 0.3) is 0 Å². The predicted octanol–water partition coefficient (Wildman–Crippen LogP) is 3.56. The van der Waals surface area contributed by atoms with Crippen LogP contribution in [0.4, 0.5) is 4.79 Å². The van der Waals surface area contributed by atoms with Gasteiger partial charge in [-0.15, -0.1) is 0 Å². The van der Waals surface area contributed by atoms with Crippen molar-refractivity contribution in [2.24, 2.45) is 5.92 Å². The van der Waals surface area contributed by atoms with Crippen molar-refractivity contribution in [3.63, 3.8) is 0 Å². The molecule has 0 radical (unpaired) electrons. The fourth-order valence-corrected chi connectivity index (χ4v) is 2.56. The minimum atomic E-state index is -0.505. The van der Waals surface area contributed by atoms with E-state index in [1.54, 1.807) is 0 Å². The van der Waals surface area contributed by atoms with Gasteiger partial charge in [-0.05, 0) is 51.5 Å². The van der Waals surface area contributed by atoms with Gasteiger partial charge in [0.15, 0.2) is 0 Å². The molecule has 0 aromatic heterocycles. The lowest BCUT2D eigenvalue weighted by Crippen LogP contribution is -2.34. The van der Waals surface area contributed by atoms with Crippen molar-refractivity contribution in [2.75, 3.05) is 6.54 Å². The fourth-order valence-electron chi connectivity index (χ4n) is 2.56. The van der Waals surface area contributed by atoms with Gasteiger partial charge in [0.1, 0.15) is 5.60 Å². The zero-order valence-corrected chi connectivity index (χ0v) is 14.8. The zero-order chi connectivity index (χ0) is 17.6. The van der Waals surface area contributed by atoms with Crippen molar-refractivity contribution in [2.45, 2.75) is 58.1 Å². The van der Waals surface area contributed by atoms with E-state index in [2.05, 4.69) is 22.8 Å². The van der Waals surface area contributed by atoms with Gasteiger partial charge in [-0.2, -0.15) is 0 Å². The number of carbonyl (C=O) groups is 2. The standard InChI is InChI=1S/C19H28N2O3/c1-19(2,3)24-18(23)20-13-7-10-16(22)21-17(15-11-12-15)14-8-5-4-6-9-14/h4-6,8-9,15,17H,7,10-13H2,1-3H3,(H,20,23)(H,21,22). The van der Waals surface area contributed by atoms with Gasteiger partial charge in [-0.1, -0.05) is 30.3 Å². The van der Waals surface area contributed by atoms with Crippen LogP contribution in [-0.4, -0.2) is 24.1 Å². The van der Waals surface area contributed by atoms with E-state index < -0.39 is 11.7 Å². The summed E-state index contributed by atoms with van der Waals surface area (Å²) in [6.45, 7) is 5.90. The van der Waals surface area contributed by atoms with Crippen LogP contribution in [-0.2, 0) is 9.53 Å². The molecule has 24 heavy (non-hydrogen) atoms. The van der Waals surface area contributed by atoms with Gasteiger partial charge in [0, 0.05) is 13.0 Å². The summed E-state index contributed by atoms with van der Waals surface area (Å²) >= 11 is 0. The average molecular weight is 332 g/mol. The van der Waals surface area contributed by atoms with Crippen molar-refractivity contribution in [3.05, 3.63) is 35.9 Å². The number of benzene rings is 1. The molecular weight excluding hydrogens is 304 g/mol. The van der Waals surface area contributed by atoms with Gasteiger partial charge in [-0.3, -0.25) is 4.79 Å². The number of rotatable bonds is 7. The smallest absolute Gasteiger partial charge is 0.407 e. The van der Waals surface area contributed by atoms with Crippen molar-refractivity contribution in [1.82, 2.24) is 10.6 Å². The number of carbonyl (C=O) groups excluding carboxylic acids is 2. The second kappa shape index (κ2) is 8.18. The number of hydrogen-bond donors (Lipinski definition) is 2. The Balaban J connectivity index is 1.70. The largest absolute Gasteiger partial charge is 0.444 e. The lowest BCUT2D eigenvalue weighted by Gasteiger charge is -2.20. The van der Waals surface area contributed by atoms with Crippen LogP contribution in [0.3, 0.4) is 0 Å². The summed E-state index contributed by atoms with van der Waals surface area (Å²) in [7, 11) is 0. The van der Waals surface area contributed by atoms with Crippen LogP contribution in [0.25, 0.3) is 0 Å². The summed E-state index contributed by atoms with van der Waals surface area (Å²) in [6, 6.07) is 10.2. The second-order valence-corrected chi connectivity index (χ2v) is 7.33. The maximum Gasteiger partial charge on any atom is 0.407 e. The van der Waals surface area contributed by atoms with Crippen LogP contribution in [0.5, 0.6) is 0 Å². The molecular formula is C19H28N2O3. The molecule has 2 amide bonds. The normalized spacial score (nSPS) is 15.5. The maximum absolute atomic E-state index is 12.2. The van der Waals surface area contributed by atoms with E-state index in [9.17, 15) is 9.59 Å². The van der Waals surface area contributed by atoms with Crippen LogP contribution in [0, 0.1) is 5.92 Å². The van der Waals surface area contributed by atoms with Gasteiger partial charge in [0.05, 0.1) is 6.04 Å². The highest BCUT2D eigenvalue weighted by Crippen LogP contribution is 2.40. The zero-order valence-electron chi connectivity index (χ0n) is 14.8. The predicted molar refractivity (Wildman–Crippen MR) is 93.5 cm³/mol. The molecule has 1 aliphatic rings. The Hall–Kier alpha value is -2.04. The van der Waals surface area contributed by atoms with Gasteiger partial charge in [0.2, 0.25) is 5.91 Å². The van der Waals surface area contributed by atoms with Crippen LogP contribution in [0.1, 0.15) is 58.1 Å². The Morgan fingerprint density at radius 2 is 1.88 bits per heavy atom. The Kier molecular flexibility index (Phi) is 6.23. The van der Waals surface area contributed by atoms with Gasteiger partial charge in [-0.25, -0.2) is 4.79 Å². The highest BCUT2D eigenvalue weighted by Gasteiger charge is 2.33. The summed E-state index contributed by atoms with van der Waals surface area (Å²) in [4.78, 5) is 23.7. The number of amides is 2. The van der Waals surface area contributed by atoms with Crippen LogP contribution >= 0.6 is 0 Å². The molecule has 1 aromatic carbocycles. The molecule has 1 aromatic rings. The molecule has 132 valence electrons. The first-order valence-corrected chi connectivity index (χ1v) is 8.66. The first-order chi connectivity index (χ1) is 11.3. The first kappa shape index (κ1) is 18.3. The molecule has 5 heteroatoms. The number of alkyl carbamates (subject to hydrolysis) is 1. The molecule has 5 nitrogen and oxygen atoms in total. The fraction of sp³-hybridized carbons (Fsp3) is 0.579. The third-order valence-electron chi connectivity index (χ3n) is 3.82. The van der Waals surface area contributed by atoms with Crippen LogP contribution in [0.15, 0.2) is 30.3 Å². The van der Waals surface area contributed by atoms with E-state index in [-0.39, 0.29) is 11.9 Å². The Bertz CT molecular complexity index is 547. The Labute approximate surface area is 144 Å². The molecule has 0 saturated heterocycles. The topological polar surface area (TPSA) is 67.4 Å². The monoisotopic (exact) mass is 332 g/mol. The molecule has 1 fully saturated rings. The Morgan fingerprint density at radius 1 is 1.21 bits per heavy atom. The van der Waals surface area contributed by atoms with Crippen LogP contribution in [0.2, 0.25) is 0 Å². The van der Waals surface area contributed by atoms with E-state index in [1.807, 2.05) is 39.0 Å². The first-order valence-electron chi connectivity index (χ1n) is 8.66. The maximum atomic E-state index is 12.2. The van der Waals surface area contributed by atoms with Crippen LogP contribution < -0.4 is 10.6 Å². The summed E-state index contributed by atoms with van der Waals surface area (Å²) in [5.41, 5.74) is 0.662. The quantitative estimate of drug-likeness (QED) is 0.750. The molecule has 2 rings (SSSR count). The molecule has 0 spiro atoms. The van der Waals surface area contributed by atoms with Gasteiger partial charge < -0.3 is 15.4 Å². The number of hydrogen-bond acceptors (Lipinski definition) is 3. The van der Waals surface area contributed by atoms with E-state index in [4.69, 9.17) is 4.74 Å². The molecule has 1 aliphatic carbocycles. The molecule has 1 unspecified atom stereocenters. The minimum Gasteiger partial charge on any atom is -0.444 e. The van der Waals surface area contributed by atoms with E-state index in [0.717, 1.165) is 0 Å². The van der Waals surface area contributed by atoms with E-state index in [1.165, 1.54) is 18.4 Å². The lowest BCUT2D eigenvalue weighted by atomic mass is 10.0. The summed E-state index contributed by atoms with van der Waals surface area (Å²) in [6.07, 6.45) is 2.88. The Morgan fingerprint density at radius 3 is 2.46 bits per heavy atom. The number of ether oxygens (including phenoxy) is 1. The molecule has 1 saturated carbocycles. The SMILES string of the molecule is CC(C)(C)OC(=O)NCCCC(=O)NC(c1ccccc1)C1CC1. The lowest BCUT2D eigenvalue weighted by molar-refractivity contribution is -0.122. The average Bonchev–Trinajstić information content (AvgIpc) is 3.33. The third kappa shape index (κ3) is 6.60. The van der Waals surface area contributed by atoms with Crippen molar-refractivity contribution in [3.8, 4) is 0 Å². The molecule has 2 N–H and O–H groups in total. The minimum absolute atomic E-state index is 0.0294. The third-order valence-corrected chi connectivity index (χ3v) is 3.82. The summed E-state index contributed by atoms with van der Waals surface area (Å²) in [5, 5.41) is 5.81. The molecule has 1 atom stereocenters. The second-order valence-electron chi connectivity index (χ2n) is 7.33. The molecule has 0 aliphatic heterocycles. The van der Waals surface area contributed by atoms with Crippen molar-refractivity contribution < 1.29 is 14.3 Å². The summed E-state index contributed by atoms with van der Waals surface area (Å²) in [5.74, 6) is 0.581. The highest BCUT2D eigenvalue weighted by molar-refractivity contribution is 5.76.